The Balaban J connectivity index is 1.34. The normalized spacial score (nSPS) is 17.4. The van der Waals surface area contributed by atoms with Gasteiger partial charge in [-0.3, -0.25) is 9.71 Å². The van der Waals surface area contributed by atoms with Gasteiger partial charge in [0.1, 0.15) is 5.75 Å². The van der Waals surface area contributed by atoms with Gasteiger partial charge in [-0.1, -0.05) is 66.7 Å². The highest BCUT2D eigenvalue weighted by atomic mass is 32.2. The van der Waals surface area contributed by atoms with Crippen LogP contribution in [-0.2, 0) is 16.4 Å². The number of hydrogen-bond donors (Lipinski definition) is 2. The first-order chi connectivity index (χ1) is 18.1. The summed E-state index contributed by atoms with van der Waals surface area (Å²) in [5, 5.41) is 11.0. The molecule has 0 aliphatic carbocycles. The summed E-state index contributed by atoms with van der Waals surface area (Å²) in [6.07, 6.45) is 1.44. The van der Waals surface area contributed by atoms with Gasteiger partial charge >= 0.3 is 15.5 Å². The van der Waals surface area contributed by atoms with Gasteiger partial charge in [-0.15, -0.1) is 0 Å². The van der Waals surface area contributed by atoms with Crippen LogP contribution in [0.15, 0.2) is 91.1 Å². The molecule has 2 heterocycles. The van der Waals surface area contributed by atoms with Crippen LogP contribution in [0, 0.1) is 5.92 Å². The summed E-state index contributed by atoms with van der Waals surface area (Å²) < 4.78 is 69.6. The van der Waals surface area contributed by atoms with Gasteiger partial charge in [-0.05, 0) is 35.7 Å². The minimum absolute atomic E-state index is 0.210. The van der Waals surface area contributed by atoms with Crippen LogP contribution in [0.25, 0.3) is 22.3 Å². The van der Waals surface area contributed by atoms with E-state index in [1.54, 1.807) is 35.2 Å². The maximum Gasteiger partial charge on any atom is 0.516 e. The average Bonchev–Trinajstić information content (AvgIpc) is 2.90. The van der Waals surface area contributed by atoms with Crippen LogP contribution in [0.2, 0.25) is 0 Å². The molecule has 0 fully saturated rings. The van der Waals surface area contributed by atoms with Gasteiger partial charge in [0.15, 0.2) is 0 Å². The van der Waals surface area contributed by atoms with Crippen molar-refractivity contribution in [2.45, 2.75) is 18.0 Å². The van der Waals surface area contributed by atoms with E-state index in [1.165, 1.54) is 18.2 Å². The fraction of sp³-hybridized carbons (Fsp3) is 0.179. The minimum atomic E-state index is -5.59. The summed E-state index contributed by atoms with van der Waals surface area (Å²) in [5.74, 6) is 0.126. The number of anilines is 1. The zero-order valence-electron chi connectivity index (χ0n) is 19.9. The highest BCUT2D eigenvalue weighted by Gasteiger charge is 2.46. The first-order valence-corrected chi connectivity index (χ1v) is 13.2. The second-order valence-electron chi connectivity index (χ2n) is 8.97. The Labute approximate surface area is 217 Å². The number of ether oxygens (including phenoxy) is 1. The molecular formula is C28H23F3N2O4S. The number of sulfonamides is 1. The van der Waals surface area contributed by atoms with Crippen LogP contribution < -0.4 is 9.46 Å². The van der Waals surface area contributed by atoms with Gasteiger partial charge in [-0.2, -0.15) is 21.6 Å². The lowest BCUT2D eigenvalue weighted by Gasteiger charge is -2.30. The fourth-order valence-electron chi connectivity index (χ4n) is 4.43. The standard InChI is InChI=1S/C28H23F3N2O4S/c29-28(30,31)38(35,36)33-25-9-5-4-8-23(25)19-11-13-24-26(15-19)37-17-21(27(24)34)14-22-12-10-20(16-32-22)18-6-2-1-3-7-18/h1-13,15-16,21,27,33-34H,14,17H2/t21-,27+/m0/s1. The first-order valence-electron chi connectivity index (χ1n) is 11.8. The predicted octanol–water partition coefficient (Wildman–Crippen LogP) is 5.96. The summed E-state index contributed by atoms with van der Waals surface area (Å²) in [6.45, 7) is 0.210. The number of pyridine rings is 1. The molecule has 1 aliphatic heterocycles. The van der Waals surface area contributed by atoms with Crippen molar-refractivity contribution in [2.24, 2.45) is 5.92 Å². The lowest BCUT2D eigenvalue weighted by molar-refractivity contribution is -0.0429. The van der Waals surface area contributed by atoms with E-state index in [0.717, 1.165) is 16.8 Å². The Bertz CT molecular complexity index is 1540. The van der Waals surface area contributed by atoms with E-state index >= 15 is 0 Å². The third kappa shape index (κ3) is 5.23. The zero-order valence-corrected chi connectivity index (χ0v) is 20.7. The van der Waals surface area contributed by atoms with E-state index in [4.69, 9.17) is 4.74 Å². The van der Waals surface area contributed by atoms with E-state index < -0.39 is 21.6 Å². The molecule has 0 spiro atoms. The Morgan fingerprint density at radius 1 is 0.921 bits per heavy atom. The second-order valence-corrected chi connectivity index (χ2v) is 10.6. The molecule has 1 aliphatic rings. The zero-order chi connectivity index (χ0) is 26.9. The largest absolute Gasteiger partial charge is 0.516 e. The van der Waals surface area contributed by atoms with E-state index in [1.807, 2.05) is 42.5 Å². The third-order valence-corrected chi connectivity index (χ3v) is 7.52. The molecule has 3 aromatic carbocycles. The number of rotatable bonds is 6. The van der Waals surface area contributed by atoms with Crippen molar-refractivity contribution >= 4 is 15.7 Å². The van der Waals surface area contributed by atoms with E-state index in [-0.39, 0.29) is 23.8 Å². The lowest BCUT2D eigenvalue weighted by Crippen LogP contribution is -2.30. The molecule has 5 rings (SSSR count). The molecule has 4 aromatic rings. The Morgan fingerprint density at radius 3 is 2.34 bits per heavy atom. The average molecular weight is 541 g/mol. The number of nitrogens with zero attached hydrogens (tertiary/aromatic N) is 1. The number of hydrogen-bond acceptors (Lipinski definition) is 5. The number of para-hydroxylation sites is 1. The molecule has 0 saturated carbocycles. The first kappa shape index (κ1) is 25.7. The second kappa shape index (κ2) is 10.1. The molecule has 38 heavy (non-hydrogen) atoms. The van der Waals surface area contributed by atoms with Crippen LogP contribution >= 0.6 is 0 Å². The number of aliphatic hydroxyl groups is 1. The van der Waals surface area contributed by atoms with Gasteiger partial charge in [0.2, 0.25) is 0 Å². The quantitative estimate of drug-likeness (QED) is 0.315. The SMILES string of the molecule is O=S(=O)(Nc1ccccc1-c1ccc2c(c1)OC[C@H](Cc1ccc(-c3ccccc3)cn1)[C@H]2O)C(F)(F)F. The molecule has 10 heteroatoms. The minimum Gasteiger partial charge on any atom is -0.493 e. The maximum absolute atomic E-state index is 12.9. The lowest BCUT2D eigenvalue weighted by atomic mass is 9.88. The predicted molar refractivity (Wildman–Crippen MR) is 138 cm³/mol. The van der Waals surface area contributed by atoms with Gasteiger partial charge in [0.05, 0.1) is 18.4 Å². The van der Waals surface area contributed by atoms with E-state index in [9.17, 15) is 26.7 Å². The Kier molecular flexibility index (Phi) is 6.85. The Hall–Kier alpha value is -3.89. The van der Waals surface area contributed by atoms with Crippen molar-refractivity contribution in [3.05, 3.63) is 102 Å². The van der Waals surface area contributed by atoms with Gasteiger partial charge in [-0.25, -0.2) is 0 Å². The summed E-state index contributed by atoms with van der Waals surface area (Å²) in [7, 11) is -5.59. The number of nitrogens with one attached hydrogen (secondary N) is 1. The smallest absolute Gasteiger partial charge is 0.493 e. The molecule has 0 unspecified atom stereocenters. The fourth-order valence-corrected chi connectivity index (χ4v) is 5.01. The summed E-state index contributed by atoms with van der Waals surface area (Å²) in [4.78, 5) is 4.55. The highest BCUT2D eigenvalue weighted by molar-refractivity contribution is 7.93. The van der Waals surface area contributed by atoms with Crippen LogP contribution in [0.1, 0.15) is 17.4 Å². The number of benzene rings is 3. The molecule has 2 atom stereocenters. The number of halogens is 3. The van der Waals surface area contributed by atoms with Crippen molar-refractivity contribution in [1.82, 2.24) is 4.98 Å². The number of aliphatic hydroxyl groups excluding tert-OH is 1. The number of fused-ring (bicyclic) bond motifs is 1. The monoisotopic (exact) mass is 540 g/mol. The number of aromatic nitrogens is 1. The molecule has 0 radical (unpaired) electrons. The van der Waals surface area contributed by atoms with Crippen molar-refractivity contribution in [2.75, 3.05) is 11.3 Å². The molecule has 0 bridgehead atoms. The molecule has 6 nitrogen and oxygen atoms in total. The Morgan fingerprint density at radius 2 is 1.63 bits per heavy atom. The van der Waals surface area contributed by atoms with Crippen molar-refractivity contribution in [1.29, 1.82) is 0 Å². The van der Waals surface area contributed by atoms with Crippen molar-refractivity contribution in [3.63, 3.8) is 0 Å². The summed E-state index contributed by atoms with van der Waals surface area (Å²) >= 11 is 0. The van der Waals surface area contributed by atoms with Crippen molar-refractivity contribution < 1.29 is 31.4 Å². The van der Waals surface area contributed by atoms with Crippen LogP contribution in [0.3, 0.4) is 0 Å². The maximum atomic E-state index is 12.9. The van der Waals surface area contributed by atoms with Gasteiger partial charge in [0.25, 0.3) is 0 Å². The number of alkyl halides is 3. The molecule has 1 aromatic heterocycles. The van der Waals surface area contributed by atoms with Gasteiger partial charge in [0, 0.05) is 34.5 Å². The molecule has 196 valence electrons. The van der Waals surface area contributed by atoms with Crippen LogP contribution in [-0.4, -0.2) is 30.6 Å². The molecule has 2 N–H and O–H groups in total. The van der Waals surface area contributed by atoms with Crippen LogP contribution in [0.4, 0.5) is 18.9 Å². The summed E-state index contributed by atoms with van der Waals surface area (Å²) in [6, 6.07) is 24.4. The highest BCUT2D eigenvalue weighted by Crippen LogP contribution is 2.41. The van der Waals surface area contributed by atoms with E-state index in [2.05, 4.69) is 4.98 Å². The summed E-state index contributed by atoms with van der Waals surface area (Å²) in [5.41, 5.74) is -1.59. The third-order valence-electron chi connectivity index (χ3n) is 6.42. The molecular weight excluding hydrogens is 517 g/mol. The topological polar surface area (TPSA) is 88.5 Å². The van der Waals surface area contributed by atoms with Gasteiger partial charge < -0.3 is 9.84 Å². The van der Waals surface area contributed by atoms with Crippen LogP contribution in [0.5, 0.6) is 5.75 Å². The molecule has 0 saturated heterocycles. The van der Waals surface area contributed by atoms with Crippen molar-refractivity contribution in [3.8, 4) is 28.0 Å². The molecule has 0 amide bonds. The van der Waals surface area contributed by atoms with E-state index in [0.29, 0.717) is 23.3 Å².